The summed E-state index contributed by atoms with van der Waals surface area (Å²) in [6, 6.07) is 6.51. The molecule has 1 aliphatic rings. The summed E-state index contributed by atoms with van der Waals surface area (Å²) in [5.41, 5.74) is 1.27. The van der Waals surface area contributed by atoms with Crippen LogP contribution in [0.1, 0.15) is 19.4 Å². The number of hydrogen-bond donors (Lipinski definition) is 0. The molecular formula is C13H15FN2S. The molecule has 1 saturated heterocycles. The highest BCUT2D eigenvalue weighted by atomic mass is 32.2. The van der Waals surface area contributed by atoms with E-state index in [1.165, 1.54) is 12.1 Å². The quantitative estimate of drug-likeness (QED) is 0.766. The second-order valence-corrected chi connectivity index (χ2v) is 6.61. The SMILES string of the molecule is CC1(C)CN(c2ccc(F)cc2C#N)CCS1. The molecule has 0 radical (unpaired) electrons. The van der Waals surface area contributed by atoms with Crippen LogP contribution in [0.2, 0.25) is 0 Å². The highest BCUT2D eigenvalue weighted by molar-refractivity contribution is 8.00. The Morgan fingerprint density at radius 3 is 2.88 bits per heavy atom. The number of benzene rings is 1. The van der Waals surface area contributed by atoms with E-state index in [1.54, 1.807) is 6.07 Å². The van der Waals surface area contributed by atoms with Crippen LogP contribution in [0.4, 0.5) is 10.1 Å². The molecule has 0 N–H and O–H groups in total. The first-order valence-electron chi connectivity index (χ1n) is 5.60. The van der Waals surface area contributed by atoms with Gasteiger partial charge in [0, 0.05) is 23.6 Å². The predicted octanol–water partition coefficient (Wildman–Crippen LogP) is 3.03. The maximum absolute atomic E-state index is 13.1. The van der Waals surface area contributed by atoms with Crippen LogP contribution in [0.25, 0.3) is 0 Å². The van der Waals surface area contributed by atoms with Crippen molar-refractivity contribution in [2.75, 3.05) is 23.7 Å². The zero-order chi connectivity index (χ0) is 12.5. The smallest absolute Gasteiger partial charge is 0.124 e. The molecule has 2 rings (SSSR count). The largest absolute Gasteiger partial charge is 0.368 e. The van der Waals surface area contributed by atoms with Gasteiger partial charge in [-0.1, -0.05) is 0 Å². The van der Waals surface area contributed by atoms with Crippen LogP contribution in [0.3, 0.4) is 0 Å². The molecule has 90 valence electrons. The van der Waals surface area contributed by atoms with Gasteiger partial charge in [0.25, 0.3) is 0 Å². The van der Waals surface area contributed by atoms with E-state index >= 15 is 0 Å². The number of nitriles is 1. The van der Waals surface area contributed by atoms with Gasteiger partial charge in [-0.2, -0.15) is 17.0 Å². The fourth-order valence-electron chi connectivity index (χ4n) is 2.10. The summed E-state index contributed by atoms with van der Waals surface area (Å²) in [4.78, 5) is 2.18. The van der Waals surface area contributed by atoms with Crippen molar-refractivity contribution in [1.82, 2.24) is 0 Å². The van der Waals surface area contributed by atoms with E-state index < -0.39 is 0 Å². The molecule has 0 amide bonds. The molecule has 17 heavy (non-hydrogen) atoms. The van der Waals surface area contributed by atoms with Crippen molar-refractivity contribution in [3.05, 3.63) is 29.6 Å². The summed E-state index contributed by atoms with van der Waals surface area (Å²) in [5, 5.41) is 9.06. The lowest BCUT2D eigenvalue weighted by molar-refractivity contribution is 0.624. The van der Waals surface area contributed by atoms with Crippen molar-refractivity contribution in [2.45, 2.75) is 18.6 Å². The van der Waals surface area contributed by atoms with Crippen LogP contribution in [-0.4, -0.2) is 23.6 Å². The van der Waals surface area contributed by atoms with Gasteiger partial charge in [-0.3, -0.25) is 0 Å². The molecule has 0 spiro atoms. The molecular weight excluding hydrogens is 235 g/mol. The topological polar surface area (TPSA) is 27.0 Å². The Labute approximate surface area is 105 Å². The first kappa shape index (κ1) is 12.3. The number of anilines is 1. The van der Waals surface area contributed by atoms with E-state index in [4.69, 9.17) is 5.26 Å². The van der Waals surface area contributed by atoms with Gasteiger partial charge in [0.05, 0.1) is 11.3 Å². The fourth-order valence-corrected chi connectivity index (χ4v) is 3.21. The Balaban J connectivity index is 2.31. The minimum atomic E-state index is -0.351. The van der Waals surface area contributed by atoms with Gasteiger partial charge < -0.3 is 4.90 Å². The van der Waals surface area contributed by atoms with E-state index in [9.17, 15) is 4.39 Å². The van der Waals surface area contributed by atoms with Gasteiger partial charge in [-0.25, -0.2) is 4.39 Å². The molecule has 0 saturated carbocycles. The molecule has 0 aromatic heterocycles. The third kappa shape index (κ3) is 2.73. The number of nitrogens with zero attached hydrogens (tertiary/aromatic N) is 2. The van der Waals surface area contributed by atoms with Crippen LogP contribution < -0.4 is 4.90 Å². The van der Waals surface area contributed by atoms with Crippen molar-refractivity contribution in [1.29, 1.82) is 5.26 Å². The van der Waals surface area contributed by atoms with Crippen LogP contribution in [0.15, 0.2) is 18.2 Å². The van der Waals surface area contributed by atoms with Crippen molar-refractivity contribution >= 4 is 17.4 Å². The first-order chi connectivity index (χ1) is 8.02. The van der Waals surface area contributed by atoms with Crippen molar-refractivity contribution in [3.63, 3.8) is 0 Å². The average molecular weight is 250 g/mol. The lowest BCUT2D eigenvalue weighted by Gasteiger charge is -2.39. The third-order valence-corrected chi connectivity index (χ3v) is 4.14. The summed E-state index contributed by atoms with van der Waals surface area (Å²) < 4.78 is 13.3. The minimum Gasteiger partial charge on any atom is -0.368 e. The monoisotopic (exact) mass is 250 g/mol. The summed E-state index contributed by atoms with van der Waals surface area (Å²) in [5.74, 6) is 0.686. The number of halogens is 1. The Morgan fingerprint density at radius 2 is 2.24 bits per heavy atom. The van der Waals surface area contributed by atoms with E-state index in [0.29, 0.717) is 5.56 Å². The van der Waals surface area contributed by atoms with Crippen molar-refractivity contribution in [3.8, 4) is 6.07 Å². The number of thioether (sulfide) groups is 1. The molecule has 1 heterocycles. The highest BCUT2D eigenvalue weighted by Gasteiger charge is 2.28. The Kier molecular flexibility index (Phi) is 3.30. The zero-order valence-electron chi connectivity index (χ0n) is 10.0. The van der Waals surface area contributed by atoms with Gasteiger partial charge in [0.1, 0.15) is 11.9 Å². The highest BCUT2D eigenvalue weighted by Crippen LogP contribution is 2.33. The predicted molar refractivity (Wildman–Crippen MR) is 69.9 cm³/mol. The summed E-state index contributed by atoms with van der Waals surface area (Å²) in [6.45, 7) is 6.19. The lowest BCUT2D eigenvalue weighted by Crippen LogP contribution is -2.43. The maximum Gasteiger partial charge on any atom is 0.124 e. The summed E-state index contributed by atoms with van der Waals surface area (Å²) in [7, 11) is 0. The molecule has 4 heteroatoms. The zero-order valence-corrected chi connectivity index (χ0v) is 10.9. The average Bonchev–Trinajstić information content (AvgIpc) is 2.27. The van der Waals surface area contributed by atoms with E-state index in [-0.39, 0.29) is 10.6 Å². The minimum absolute atomic E-state index is 0.180. The Hall–Kier alpha value is -1.21. The number of hydrogen-bond acceptors (Lipinski definition) is 3. The van der Waals surface area contributed by atoms with E-state index in [1.807, 2.05) is 11.8 Å². The summed E-state index contributed by atoms with van der Waals surface area (Å²) in [6.07, 6.45) is 0. The molecule has 1 fully saturated rings. The van der Waals surface area contributed by atoms with Gasteiger partial charge >= 0.3 is 0 Å². The first-order valence-corrected chi connectivity index (χ1v) is 6.59. The van der Waals surface area contributed by atoms with Gasteiger partial charge in [-0.15, -0.1) is 0 Å². The van der Waals surface area contributed by atoms with E-state index in [2.05, 4.69) is 24.8 Å². The lowest BCUT2D eigenvalue weighted by atomic mass is 10.1. The molecule has 0 atom stereocenters. The Bertz CT molecular complexity index is 465. The Morgan fingerprint density at radius 1 is 1.47 bits per heavy atom. The molecule has 0 aliphatic carbocycles. The van der Waals surface area contributed by atoms with Gasteiger partial charge in [-0.05, 0) is 32.0 Å². The van der Waals surface area contributed by atoms with Gasteiger partial charge in [0.2, 0.25) is 0 Å². The van der Waals surface area contributed by atoms with Crippen molar-refractivity contribution < 1.29 is 4.39 Å². The maximum atomic E-state index is 13.1. The summed E-state index contributed by atoms with van der Waals surface area (Å²) >= 11 is 1.94. The van der Waals surface area contributed by atoms with Gasteiger partial charge in [0.15, 0.2) is 0 Å². The molecule has 0 bridgehead atoms. The molecule has 1 aromatic rings. The molecule has 2 nitrogen and oxygen atoms in total. The van der Waals surface area contributed by atoms with Crippen molar-refractivity contribution in [2.24, 2.45) is 0 Å². The third-order valence-electron chi connectivity index (χ3n) is 2.85. The van der Waals surface area contributed by atoms with Crippen LogP contribution in [-0.2, 0) is 0 Å². The normalized spacial score (nSPS) is 18.8. The number of rotatable bonds is 1. The second-order valence-electron chi connectivity index (χ2n) is 4.80. The standard InChI is InChI=1S/C13H15FN2S/c1-13(2)9-16(5-6-17-13)12-4-3-11(14)7-10(12)8-15/h3-4,7H,5-6,9H2,1-2H3. The second kappa shape index (κ2) is 4.58. The van der Waals surface area contributed by atoms with Crippen LogP contribution in [0.5, 0.6) is 0 Å². The molecule has 0 unspecified atom stereocenters. The molecule has 1 aromatic carbocycles. The molecule has 1 aliphatic heterocycles. The fraction of sp³-hybridized carbons (Fsp3) is 0.462. The van der Waals surface area contributed by atoms with Crippen LogP contribution in [0, 0.1) is 17.1 Å². The van der Waals surface area contributed by atoms with Crippen LogP contribution >= 0.6 is 11.8 Å². The van der Waals surface area contributed by atoms with E-state index in [0.717, 1.165) is 24.5 Å².